The summed E-state index contributed by atoms with van der Waals surface area (Å²) in [5.41, 5.74) is 2.89. The van der Waals surface area contributed by atoms with Gasteiger partial charge in [-0.3, -0.25) is 0 Å². The standard InChI is InChI=1S/C26H29F2N3/c1-5-19-10-11-20-8-7-9-24(23(6-2)18(3)28)25(20)30-26(19)29-21-12-14-22(15-13-21)31(4)17-16-27/h6-9,11-15,19H,2,5,10,16-17H2,1,3-4H3. The average molecular weight is 422 g/mol. The zero-order valence-electron chi connectivity index (χ0n) is 18.4. The van der Waals surface area contributed by atoms with Crippen LogP contribution >= 0.6 is 0 Å². The highest BCUT2D eigenvalue weighted by Crippen LogP contribution is 2.23. The molecule has 1 unspecified atom stereocenters. The molecular weight excluding hydrogens is 392 g/mol. The van der Waals surface area contributed by atoms with Gasteiger partial charge >= 0.3 is 0 Å². The van der Waals surface area contributed by atoms with E-state index in [0.29, 0.717) is 12.1 Å². The molecule has 3 nitrogen and oxygen atoms in total. The summed E-state index contributed by atoms with van der Waals surface area (Å²) < 4.78 is 26.8. The second kappa shape index (κ2) is 10.3. The third-order valence-corrected chi connectivity index (χ3v) is 5.59. The molecule has 2 aromatic carbocycles. The summed E-state index contributed by atoms with van der Waals surface area (Å²) >= 11 is 0. The molecule has 0 spiro atoms. The smallest absolute Gasteiger partial charge is 0.133 e. The van der Waals surface area contributed by atoms with Gasteiger partial charge in [-0.25, -0.2) is 18.8 Å². The molecule has 0 radical (unpaired) electrons. The first-order valence-corrected chi connectivity index (χ1v) is 10.6. The number of hydrogen-bond donors (Lipinski definition) is 0. The van der Waals surface area contributed by atoms with Gasteiger partial charge in [0, 0.05) is 36.3 Å². The van der Waals surface area contributed by atoms with Crippen LogP contribution in [-0.2, 0) is 0 Å². The maximum Gasteiger partial charge on any atom is 0.133 e. The summed E-state index contributed by atoms with van der Waals surface area (Å²) in [4.78, 5) is 11.6. The predicted molar refractivity (Wildman–Crippen MR) is 127 cm³/mol. The van der Waals surface area contributed by atoms with Gasteiger partial charge in [0.25, 0.3) is 0 Å². The number of rotatable bonds is 7. The van der Waals surface area contributed by atoms with Gasteiger partial charge in [-0.1, -0.05) is 43.9 Å². The third-order valence-electron chi connectivity index (χ3n) is 5.59. The summed E-state index contributed by atoms with van der Waals surface area (Å²) in [6.45, 7) is 7.29. The van der Waals surface area contributed by atoms with Crippen LogP contribution in [0.25, 0.3) is 11.6 Å². The van der Waals surface area contributed by atoms with E-state index >= 15 is 0 Å². The fourth-order valence-corrected chi connectivity index (χ4v) is 3.72. The van der Waals surface area contributed by atoms with Crippen molar-refractivity contribution >= 4 is 28.9 Å². The molecule has 1 aliphatic heterocycles. The van der Waals surface area contributed by atoms with E-state index in [2.05, 4.69) is 19.6 Å². The Labute approximate surface area is 182 Å². The van der Waals surface area contributed by atoms with Crippen LogP contribution in [0.15, 0.2) is 70.9 Å². The van der Waals surface area contributed by atoms with Crippen molar-refractivity contribution in [1.29, 1.82) is 0 Å². The molecular formula is C26H29F2N3. The number of aliphatic imine (C=N–C) groups is 1. The molecule has 31 heavy (non-hydrogen) atoms. The SMILES string of the molecule is C=CC(=C(C)F)c1cccc2c1=NC(=Nc1ccc(N(C)CCF)cc1)C(CC)CC=2. The van der Waals surface area contributed by atoms with E-state index in [0.717, 1.165) is 46.2 Å². The van der Waals surface area contributed by atoms with E-state index in [1.54, 1.807) is 0 Å². The molecule has 0 amide bonds. The molecule has 0 saturated heterocycles. The Morgan fingerprint density at radius 1 is 1.26 bits per heavy atom. The lowest BCUT2D eigenvalue weighted by atomic mass is 10.0. The number of para-hydroxylation sites is 1. The van der Waals surface area contributed by atoms with E-state index < -0.39 is 6.67 Å². The van der Waals surface area contributed by atoms with Gasteiger partial charge in [0.2, 0.25) is 0 Å². The van der Waals surface area contributed by atoms with E-state index in [-0.39, 0.29) is 11.7 Å². The number of benzene rings is 2. The van der Waals surface area contributed by atoms with Gasteiger partial charge < -0.3 is 4.90 Å². The first kappa shape index (κ1) is 22.6. The highest BCUT2D eigenvalue weighted by molar-refractivity contribution is 5.89. The van der Waals surface area contributed by atoms with Crippen molar-refractivity contribution in [3.8, 4) is 0 Å². The number of anilines is 1. The summed E-state index contributed by atoms with van der Waals surface area (Å²) in [6, 6.07) is 13.5. The Balaban J connectivity index is 2.12. The zero-order chi connectivity index (χ0) is 22.4. The van der Waals surface area contributed by atoms with Crippen LogP contribution in [0.4, 0.5) is 20.2 Å². The molecule has 162 valence electrons. The van der Waals surface area contributed by atoms with E-state index in [1.165, 1.54) is 13.0 Å². The molecule has 0 bridgehead atoms. The second-order valence-electron chi connectivity index (χ2n) is 7.65. The van der Waals surface area contributed by atoms with Gasteiger partial charge in [0.05, 0.1) is 11.0 Å². The predicted octanol–water partition coefficient (Wildman–Crippen LogP) is 5.54. The Bertz CT molecular complexity index is 1110. The summed E-state index contributed by atoms with van der Waals surface area (Å²) in [6.07, 6.45) is 5.40. The lowest BCUT2D eigenvalue weighted by Crippen LogP contribution is -2.28. The van der Waals surface area contributed by atoms with Crippen molar-refractivity contribution < 1.29 is 8.78 Å². The summed E-state index contributed by atoms with van der Waals surface area (Å²) in [5, 5.41) is 1.70. The fraction of sp³-hybridized carbons (Fsp3) is 0.308. The van der Waals surface area contributed by atoms with E-state index in [4.69, 9.17) is 9.98 Å². The maximum absolute atomic E-state index is 14.2. The number of amidine groups is 1. The normalized spacial score (nSPS) is 17.7. The first-order chi connectivity index (χ1) is 15.0. The maximum atomic E-state index is 14.2. The molecule has 0 saturated carbocycles. The van der Waals surface area contributed by atoms with Gasteiger partial charge in [-0.15, -0.1) is 0 Å². The summed E-state index contributed by atoms with van der Waals surface area (Å²) in [7, 11) is 1.86. The third kappa shape index (κ3) is 5.16. The highest BCUT2D eigenvalue weighted by atomic mass is 19.1. The van der Waals surface area contributed by atoms with Gasteiger partial charge in [0.1, 0.15) is 18.3 Å². The molecule has 3 rings (SSSR count). The molecule has 5 heteroatoms. The van der Waals surface area contributed by atoms with Crippen molar-refractivity contribution in [3.63, 3.8) is 0 Å². The Morgan fingerprint density at radius 3 is 2.61 bits per heavy atom. The van der Waals surface area contributed by atoms with Crippen LogP contribution < -0.4 is 15.5 Å². The molecule has 0 aliphatic carbocycles. The monoisotopic (exact) mass is 421 g/mol. The fourth-order valence-electron chi connectivity index (χ4n) is 3.72. The minimum absolute atomic E-state index is 0.164. The lowest BCUT2D eigenvalue weighted by Gasteiger charge is -2.17. The number of halogens is 2. The van der Waals surface area contributed by atoms with Crippen LogP contribution in [0.5, 0.6) is 0 Å². The summed E-state index contributed by atoms with van der Waals surface area (Å²) in [5.74, 6) is 0.605. The lowest BCUT2D eigenvalue weighted by molar-refractivity contribution is 0.497. The number of hydrogen-bond acceptors (Lipinski definition) is 2. The van der Waals surface area contributed by atoms with Crippen LogP contribution in [0.1, 0.15) is 32.3 Å². The van der Waals surface area contributed by atoms with Gasteiger partial charge in [-0.2, -0.15) is 0 Å². The molecule has 1 heterocycles. The number of allylic oxidation sites excluding steroid dienone is 3. The van der Waals surface area contributed by atoms with Crippen LogP contribution in [0.2, 0.25) is 0 Å². The molecule has 2 aromatic rings. The number of fused-ring (bicyclic) bond motifs is 1. The Kier molecular flexibility index (Phi) is 7.50. The minimum Gasteiger partial charge on any atom is -0.372 e. The van der Waals surface area contributed by atoms with Crippen molar-refractivity contribution in [1.82, 2.24) is 0 Å². The van der Waals surface area contributed by atoms with E-state index in [1.807, 2.05) is 54.4 Å². The van der Waals surface area contributed by atoms with Crippen molar-refractivity contribution in [2.75, 3.05) is 25.2 Å². The Morgan fingerprint density at radius 2 is 2.00 bits per heavy atom. The first-order valence-electron chi connectivity index (χ1n) is 10.6. The van der Waals surface area contributed by atoms with Crippen molar-refractivity contribution in [2.45, 2.75) is 26.7 Å². The Hall–Kier alpha value is -3.08. The molecule has 0 aromatic heterocycles. The largest absolute Gasteiger partial charge is 0.372 e. The van der Waals surface area contributed by atoms with Crippen molar-refractivity contribution in [2.24, 2.45) is 15.9 Å². The quantitative estimate of drug-likeness (QED) is 0.540. The van der Waals surface area contributed by atoms with Gasteiger partial charge in [-0.05, 0) is 49.2 Å². The van der Waals surface area contributed by atoms with Gasteiger partial charge in [0.15, 0.2) is 0 Å². The van der Waals surface area contributed by atoms with Crippen LogP contribution in [0, 0.1) is 5.92 Å². The zero-order valence-corrected chi connectivity index (χ0v) is 18.4. The minimum atomic E-state index is -0.393. The number of nitrogens with zero attached hydrogens (tertiary/aromatic N) is 3. The van der Waals surface area contributed by atoms with E-state index in [9.17, 15) is 8.78 Å². The topological polar surface area (TPSA) is 28.0 Å². The molecule has 0 N–H and O–H groups in total. The molecule has 1 atom stereocenters. The highest BCUT2D eigenvalue weighted by Gasteiger charge is 2.17. The average Bonchev–Trinajstić information content (AvgIpc) is 2.94. The number of alkyl halides is 1. The second-order valence-corrected chi connectivity index (χ2v) is 7.65. The van der Waals surface area contributed by atoms with Crippen molar-refractivity contribution in [3.05, 3.63) is 77.1 Å². The van der Waals surface area contributed by atoms with Crippen LogP contribution in [-0.4, -0.2) is 26.1 Å². The van der Waals surface area contributed by atoms with Crippen LogP contribution in [0.3, 0.4) is 0 Å². The molecule has 0 fully saturated rings. The molecule has 1 aliphatic rings.